The van der Waals surface area contributed by atoms with Gasteiger partial charge in [0.1, 0.15) is 12.4 Å². The Balaban J connectivity index is 1.96. The van der Waals surface area contributed by atoms with E-state index in [4.69, 9.17) is 4.74 Å². The van der Waals surface area contributed by atoms with Gasteiger partial charge in [0.25, 0.3) is 0 Å². The number of methoxy groups -OCH3 is 1. The van der Waals surface area contributed by atoms with Crippen molar-refractivity contribution >= 4 is 17.3 Å². The van der Waals surface area contributed by atoms with Crippen LogP contribution in [0.4, 0.5) is 5.69 Å². The molecule has 118 valence electrons. The van der Waals surface area contributed by atoms with Crippen molar-refractivity contribution in [2.75, 3.05) is 12.4 Å². The van der Waals surface area contributed by atoms with E-state index in [0.29, 0.717) is 11.6 Å². The Hall–Kier alpha value is -2.18. The molecule has 2 aromatic heterocycles. The summed E-state index contributed by atoms with van der Waals surface area (Å²) in [6.07, 6.45) is 4.77. The van der Waals surface area contributed by atoms with Crippen LogP contribution in [-0.2, 0) is 9.53 Å². The molecule has 0 aromatic carbocycles. The highest BCUT2D eigenvalue weighted by atomic mass is 16.5. The van der Waals surface area contributed by atoms with Crippen molar-refractivity contribution in [1.29, 1.82) is 0 Å². The summed E-state index contributed by atoms with van der Waals surface area (Å²) < 4.78 is 6.60. The molecule has 0 unspecified atom stereocenters. The van der Waals surface area contributed by atoms with Crippen LogP contribution in [0.2, 0.25) is 0 Å². The Morgan fingerprint density at radius 3 is 2.95 bits per heavy atom. The number of nitrogens with one attached hydrogen (secondary N) is 1. The fourth-order valence-corrected chi connectivity index (χ4v) is 2.49. The van der Waals surface area contributed by atoms with E-state index in [1.807, 2.05) is 13.0 Å². The van der Waals surface area contributed by atoms with Crippen molar-refractivity contribution in [3.63, 3.8) is 0 Å². The normalized spacial score (nSPS) is 17.2. The molecule has 0 aliphatic heterocycles. The SMILES string of the molecule is CC[C@H](C)[C@H](Nc1cc(C2CC2)nn2cnnc12)C(=O)OC. The molecule has 2 atom stereocenters. The fraction of sp³-hybridized carbons (Fsp3) is 0.600. The van der Waals surface area contributed by atoms with Crippen molar-refractivity contribution in [2.24, 2.45) is 5.92 Å². The van der Waals surface area contributed by atoms with E-state index >= 15 is 0 Å². The second-order valence-corrected chi connectivity index (χ2v) is 5.89. The maximum atomic E-state index is 12.1. The molecular formula is C15H21N5O2. The summed E-state index contributed by atoms with van der Waals surface area (Å²) in [7, 11) is 1.41. The molecule has 22 heavy (non-hydrogen) atoms. The van der Waals surface area contributed by atoms with Crippen LogP contribution in [0.25, 0.3) is 5.65 Å². The van der Waals surface area contributed by atoms with E-state index in [1.54, 1.807) is 10.8 Å². The standard InChI is InChI=1S/C15H21N5O2/c1-4-9(2)13(15(21)22-3)17-12-7-11(10-5-6-10)19-20-8-16-18-14(12)20/h7-10,13,17H,4-6H2,1-3H3/t9-,13-/m0/s1. The summed E-state index contributed by atoms with van der Waals surface area (Å²) in [5.74, 6) is 0.386. The lowest BCUT2D eigenvalue weighted by Crippen LogP contribution is -2.36. The van der Waals surface area contributed by atoms with Crippen LogP contribution in [0.15, 0.2) is 12.4 Å². The Kier molecular flexibility index (Phi) is 3.96. The number of rotatable bonds is 6. The number of carbonyl (C=O) groups excluding carboxylic acids is 1. The molecule has 1 aliphatic rings. The van der Waals surface area contributed by atoms with E-state index in [0.717, 1.165) is 30.6 Å². The van der Waals surface area contributed by atoms with Gasteiger partial charge in [-0.1, -0.05) is 20.3 Å². The Bertz CT molecular complexity index is 680. The van der Waals surface area contributed by atoms with Gasteiger partial charge in [0, 0.05) is 5.92 Å². The van der Waals surface area contributed by atoms with Gasteiger partial charge in [0.05, 0.1) is 18.5 Å². The average molecular weight is 303 g/mol. The summed E-state index contributed by atoms with van der Waals surface area (Å²) in [5, 5.41) is 15.8. The van der Waals surface area contributed by atoms with Crippen LogP contribution >= 0.6 is 0 Å². The molecule has 1 N–H and O–H groups in total. The number of aromatic nitrogens is 4. The number of hydrogen-bond acceptors (Lipinski definition) is 6. The molecule has 1 aliphatic carbocycles. The number of esters is 1. The van der Waals surface area contributed by atoms with Crippen molar-refractivity contribution < 1.29 is 9.53 Å². The first-order chi connectivity index (χ1) is 10.6. The van der Waals surface area contributed by atoms with Crippen LogP contribution in [0.1, 0.15) is 44.7 Å². The summed E-state index contributed by atoms with van der Waals surface area (Å²) in [6, 6.07) is 1.57. The van der Waals surface area contributed by atoms with Gasteiger partial charge in [-0.2, -0.15) is 9.61 Å². The third kappa shape index (κ3) is 2.75. The smallest absolute Gasteiger partial charge is 0.328 e. The number of ether oxygens (including phenoxy) is 1. The van der Waals surface area contributed by atoms with Crippen molar-refractivity contribution in [3.8, 4) is 0 Å². The van der Waals surface area contributed by atoms with Crippen LogP contribution in [0.5, 0.6) is 0 Å². The fourth-order valence-electron chi connectivity index (χ4n) is 2.49. The molecule has 0 spiro atoms. The zero-order chi connectivity index (χ0) is 15.7. The van der Waals surface area contributed by atoms with Gasteiger partial charge in [0.15, 0.2) is 0 Å². The second-order valence-electron chi connectivity index (χ2n) is 5.89. The van der Waals surface area contributed by atoms with Gasteiger partial charge in [-0.3, -0.25) is 0 Å². The molecule has 0 bridgehead atoms. The predicted octanol–water partition coefficient (Wildman–Crippen LogP) is 2.00. The Morgan fingerprint density at radius 2 is 2.32 bits per heavy atom. The molecule has 0 radical (unpaired) electrons. The van der Waals surface area contributed by atoms with E-state index in [1.165, 1.54) is 7.11 Å². The monoisotopic (exact) mass is 303 g/mol. The average Bonchev–Trinajstić information content (AvgIpc) is 3.28. The summed E-state index contributed by atoms with van der Waals surface area (Å²) >= 11 is 0. The van der Waals surface area contributed by atoms with Gasteiger partial charge in [-0.15, -0.1) is 10.2 Å². The minimum atomic E-state index is -0.412. The molecule has 1 saturated carbocycles. The minimum absolute atomic E-state index is 0.146. The number of hydrogen-bond donors (Lipinski definition) is 1. The highest BCUT2D eigenvalue weighted by molar-refractivity contribution is 5.81. The van der Waals surface area contributed by atoms with Gasteiger partial charge in [0.2, 0.25) is 5.65 Å². The molecule has 3 rings (SSSR count). The molecule has 7 nitrogen and oxygen atoms in total. The van der Waals surface area contributed by atoms with E-state index < -0.39 is 6.04 Å². The van der Waals surface area contributed by atoms with E-state index in [9.17, 15) is 4.79 Å². The quantitative estimate of drug-likeness (QED) is 0.822. The van der Waals surface area contributed by atoms with Gasteiger partial charge in [-0.25, -0.2) is 4.79 Å². The van der Waals surface area contributed by atoms with E-state index in [2.05, 4.69) is 27.5 Å². The third-order valence-electron chi connectivity index (χ3n) is 4.26. The molecular weight excluding hydrogens is 282 g/mol. The Morgan fingerprint density at radius 1 is 1.55 bits per heavy atom. The lowest BCUT2D eigenvalue weighted by Gasteiger charge is -2.23. The molecule has 0 amide bonds. The maximum absolute atomic E-state index is 12.1. The van der Waals surface area contributed by atoms with Crippen LogP contribution < -0.4 is 5.32 Å². The van der Waals surface area contributed by atoms with E-state index in [-0.39, 0.29) is 11.9 Å². The topological polar surface area (TPSA) is 81.4 Å². The zero-order valence-electron chi connectivity index (χ0n) is 13.1. The first-order valence-corrected chi connectivity index (χ1v) is 7.69. The first kappa shape index (κ1) is 14.7. The molecule has 2 aromatic rings. The van der Waals surface area contributed by atoms with Gasteiger partial charge < -0.3 is 10.1 Å². The van der Waals surface area contributed by atoms with Crippen LogP contribution in [0.3, 0.4) is 0 Å². The molecule has 0 saturated heterocycles. The second kappa shape index (κ2) is 5.90. The zero-order valence-corrected chi connectivity index (χ0v) is 13.1. The highest BCUT2D eigenvalue weighted by Crippen LogP contribution is 2.40. The first-order valence-electron chi connectivity index (χ1n) is 7.69. The number of anilines is 1. The van der Waals surface area contributed by atoms with Crippen LogP contribution in [0, 0.1) is 5.92 Å². The van der Waals surface area contributed by atoms with Crippen molar-refractivity contribution in [1.82, 2.24) is 19.8 Å². The summed E-state index contributed by atoms with van der Waals surface area (Å²) in [4.78, 5) is 12.1. The largest absolute Gasteiger partial charge is 0.467 e. The highest BCUT2D eigenvalue weighted by Gasteiger charge is 2.29. The lowest BCUT2D eigenvalue weighted by atomic mass is 9.99. The molecule has 7 heteroatoms. The molecule has 2 heterocycles. The summed E-state index contributed by atoms with van der Waals surface area (Å²) in [5.41, 5.74) is 2.43. The number of carbonyl (C=O) groups is 1. The predicted molar refractivity (Wildman–Crippen MR) is 81.6 cm³/mol. The summed E-state index contributed by atoms with van der Waals surface area (Å²) in [6.45, 7) is 4.08. The lowest BCUT2D eigenvalue weighted by molar-refractivity contribution is -0.142. The number of fused-ring (bicyclic) bond motifs is 1. The molecule has 1 fully saturated rings. The van der Waals surface area contributed by atoms with Crippen molar-refractivity contribution in [2.45, 2.75) is 45.1 Å². The minimum Gasteiger partial charge on any atom is -0.467 e. The Labute approximate surface area is 129 Å². The van der Waals surface area contributed by atoms with Crippen LogP contribution in [-0.4, -0.2) is 38.9 Å². The maximum Gasteiger partial charge on any atom is 0.328 e. The number of nitrogens with zero attached hydrogens (tertiary/aromatic N) is 4. The third-order valence-corrected chi connectivity index (χ3v) is 4.26. The van der Waals surface area contributed by atoms with Crippen molar-refractivity contribution in [3.05, 3.63) is 18.1 Å². The van der Waals surface area contributed by atoms with Gasteiger partial charge >= 0.3 is 5.97 Å². The van der Waals surface area contributed by atoms with Gasteiger partial charge in [-0.05, 0) is 24.8 Å².